The van der Waals surface area contributed by atoms with Gasteiger partial charge in [0, 0.05) is 6.61 Å². The second-order valence-electron chi connectivity index (χ2n) is 5.61. The van der Waals surface area contributed by atoms with E-state index in [1.807, 2.05) is 6.92 Å². The number of rotatable bonds is 11. The molecule has 1 unspecified atom stereocenters. The maximum Gasteiger partial charge on any atom is 0.311 e. The number of hydrogen-bond donors (Lipinski definition) is 0. The average molecular weight is 332 g/mol. The third kappa shape index (κ3) is 9.89. The molecular formula is C16H28O7. The smallest absolute Gasteiger partial charge is 0.311 e. The maximum atomic E-state index is 11.7. The highest BCUT2D eigenvalue weighted by Gasteiger charge is 2.27. The lowest BCUT2D eigenvalue weighted by molar-refractivity contribution is -0.175. The van der Waals surface area contributed by atoms with Crippen LogP contribution in [0.3, 0.4) is 0 Å². The van der Waals surface area contributed by atoms with Crippen molar-refractivity contribution in [3.8, 4) is 0 Å². The Morgan fingerprint density at radius 3 is 2.09 bits per heavy atom. The van der Waals surface area contributed by atoms with Crippen LogP contribution in [-0.4, -0.2) is 44.0 Å². The molecule has 7 nitrogen and oxygen atoms in total. The van der Waals surface area contributed by atoms with E-state index in [1.54, 1.807) is 27.7 Å². The summed E-state index contributed by atoms with van der Waals surface area (Å²) in [6, 6.07) is 0. The lowest BCUT2D eigenvalue weighted by atomic mass is 9.91. The minimum Gasteiger partial charge on any atom is -0.465 e. The van der Waals surface area contributed by atoms with E-state index in [2.05, 4.69) is 0 Å². The quantitative estimate of drug-likeness (QED) is 0.325. The molecule has 134 valence electrons. The number of hydrogen-bond acceptors (Lipinski definition) is 7. The first-order chi connectivity index (χ1) is 10.7. The Hall–Kier alpha value is -1.63. The minimum absolute atomic E-state index is 0.0348. The van der Waals surface area contributed by atoms with Gasteiger partial charge >= 0.3 is 17.9 Å². The van der Waals surface area contributed by atoms with E-state index in [0.29, 0.717) is 13.0 Å². The fourth-order valence-corrected chi connectivity index (χ4v) is 1.40. The van der Waals surface area contributed by atoms with Crippen LogP contribution in [0.15, 0.2) is 0 Å². The predicted octanol–water partition coefficient (Wildman–Crippen LogP) is 2.21. The van der Waals surface area contributed by atoms with Gasteiger partial charge in [-0.15, -0.1) is 0 Å². The molecule has 0 bridgehead atoms. The first-order valence-electron chi connectivity index (χ1n) is 7.86. The molecule has 0 rings (SSSR count). The molecule has 0 N–H and O–H groups in total. The van der Waals surface area contributed by atoms with Gasteiger partial charge in [0.2, 0.25) is 0 Å². The summed E-state index contributed by atoms with van der Waals surface area (Å²) in [5, 5.41) is 0. The Morgan fingerprint density at radius 1 is 0.957 bits per heavy atom. The van der Waals surface area contributed by atoms with Crippen molar-refractivity contribution in [2.75, 3.05) is 19.8 Å². The number of carbonyl (C=O) groups is 3. The monoisotopic (exact) mass is 332 g/mol. The van der Waals surface area contributed by atoms with Crippen molar-refractivity contribution in [2.45, 2.75) is 60.2 Å². The Balaban J connectivity index is 3.80. The Bertz CT molecular complexity index is 390. The van der Waals surface area contributed by atoms with Crippen molar-refractivity contribution in [1.82, 2.24) is 0 Å². The van der Waals surface area contributed by atoms with Crippen molar-refractivity contribution in [2.24, 2.45) is 5.41 Å². The molecule has 0 aliphatic carbocycles. The Labute approximate surface area is 137 Å². The summed E-state index contributed by atoms with van der Waals surface area (Å²) in [5.74, 6) is -1.38. The Morgan fingerprint density at radius 2 is 1.52 bits per heavy atom. The van der Waals surface area contributed by atoms with Gasteiger partial charge < -0.3 is 18.9 Å². The summed E-state index contributed by atoms with van der Waals surface area (Å²) in [6.07, 6.45) is -0.0650. The fraction of sp³-hybridized carbons (Fsp3) is 0.812. The van der Waals surface area contributed by atoms with Gasteiger partial charge in [0.1, 0.15) is 13.2 Å². The summed E-state index contributed by atoms with van der Waals surface area (Å²) < 4.78 is 19.9. The summed E-state index contributed by atoms with van der Waals surface area (Å²) in [5.41, 5.74) is -0.565. The zero-order valence-electron chi connectivity index (χ0n) is 14.7. The molecule has 0 aromatic rings. The summed E-state index contributed by atoms with van der Waals surface area (Å²) in [6.45, 7) is 9.18. The van der Waals surface area contributed by atoms with E-state index < -0.39 is 23.6 Å². The first kappa shape index (κ1) is 21.4. The van der Waals surface area contributed by atoms with Crippen LogP contribution in [0.1, 0.15) is 53.9 Å². The highest BCUT2D eigenvalue weighted by Crippen LogP contribution is 2.21. The van der Waals surface area contributed by atoms with Crippen molar-refractivity contribution < 1.29 is 33.3 Å². The van der Waals surface area contributed by atoms with Gasteiger partial charge in [-0.05, 0) is 34.1 Å². The van der Waals surface area contributed by atoms with Gasteiger partial charge in [-0.2, -0.15) is 0 Å². The molecule has 0 saturated heterocycles. The predicted molar refractivity (Wildman–Crippen MR) is 82.4 cm³/mol. The Kier molecular flexibility index (Phi) is 10.2. The summed E-state index contributed by atoms with van der Waals surface area (Å²) >= 11 is 0. The molecular weight excluding hydrogens is 304 g/mol. The standard InChI is InChI=1S/C16H28O7/c1-6-16(4,5)15(19)22-11-8-13(17)21-10-9-14(18)23-12(3)20-7-2/h12H,6-11H2,1-5H3. The largest absolute Gasteiger partial charge is 0.465 e. The topological polar surface area (TPSA) is 88.1 Å². The lowest BCUT2D eigenvalue weighted by Gasteiger charge is -2.20. The zero-order valence-corrected chi connectivity index (χ0v) is 14.7. The van der Waals surface area contributed by atoms with E-state index in [4.69, 9.17) is 18.9 Å². The first-order valence-corrected chi connectivity index (χ1v) is 7.86. The van der Waals surface area contributed by atoms with E-state index in [9.17, 15) is 14.4 Å². The van der Waals surface area contributed by atoms with Crippen LogP contribution in [0.25, 0.3) is 0 Å². The van der Waals surface area contributed by atoms with Crippen LogP contribution in [0.5, 0.6) is 0 Å². The van der Waals surface area contributed by atoms with Crippen molar-refractivity contribution in [3.63, 3.8) is 0 Å². The zero-order chi connectivity index (χ0) is 17.9. The van der Waals surface area contributed by atoms with E-state index in [0.717, 1.165) is 0 Å². The normalized spacial score (nSPS) is 12.4. The third-order valence-electron chi connectivity index (χ3n) is 3.24. The van der Waals surface area contributed by atoms with Gasteiger partial charge in [-0.1, -0.05) is 6.92 Å². The van der Waals surface area contributed by atoms with Gasteiger partial charge in [-0.3, -0.25) is 14.4 Å². The number of ether oxygens (including phenoxy) is 4. The maximum absolute atomic E-state index is 11.7. The number of carbonyl (C=O) groups excluding carboxylic acids is 3. The molecule has 0 fully saturated rings. The van der Waals surface area contributed by atoms with Crippen molar-refractivity contribution >= 4 is 17.9 Å². The lowest BCUT2D eigenvalue weighted by Crippen LogP contribution is -2.26. The van der Waals surface area contributed by atoms with E-state index >= 15 is 0 Å². The minimum atomic E-state index is -0.621. The van der Waals surface area contributed by atoms with Gasteiger partial charge in [0.05, 0.1) is 18.3 Å². The molecule has 0 aliphatic heterocycles. The summed E-state index contributed by atoms with van der Waals surface area (Å²) in [7, 11) is 0. The van der Waals surface area contributed by atoms with Crippen LogP contribution in [0, 0.1) is 5.41 Å². The van der Waals surface area contributed by atoms with Crippen molar-refractivity contribution in [1.29, 1.82) is 0 Å². The molecule has 0 aromatic carbocycles. The molecule has 0 heterocycles. The highest BCUT2D eigenvalue weighted by molar-refractivity contribution is 5.76. The second kappa shape index (κ2) is 11.0. The molecule has 0 aliphatic rings. The van der Waals surface area contributed by atoms with Crippen molar-refractivity contribution in [3.05, 3.63) is 0 Å². The number of esters is 3. The molecule has 0 amide bonds. The summed E-state index contributed by atoms with van der Waals surface area (Å²) in [4.78, 5) is 34.5. The molecule has 0 spiro atoms. The van der Waals surface area contributed by atoms with Gasteiger partial charge in [0.25, 0.3) is 0 Å². The molecule has 0 radical (unpaired) electrons. The molecule has 23 heavy (non-hydrogen) atoms. The molecule has 0 saturated carbocycles. The third-order valence-corrected chi connectivity index (χ3v) is 3.24. The highest BCUT2D eigenvalue weighted by atomic mass is 16.7. The molecule has 0 aromatic heterocycles. The van der Waals surface area contributed by atoms with Gasteiger partial charge in [0.15, 0.2) is 6.29 Å². The van der Waals surface area contributed by atoms with Crippen LogP contribution >= 0.6 is 0 Å². The van der Waals surface area contributed by atoms with Crippen LogP contribution in [-0.2, 0) is 33.3 Å². The molecule has 1 atom stereocenters. The van der Waals surface area contributed by atoms with Crippen LogP contribution in [0.2, 0.25) is 0 Å². The van der Waals surface area contributed by atoms with Crippen LogP contribution < -0.4 is 0 Å². The fourth-order valence-electron chi connectivity index (χ4n) is 1.40. The van der Waals surface area contributed by atoms with E-state index in [-0.39, 0.29) is 32.0 Å². The second-order valence-corrected chi connectivity index (χ2v) is 5.61. The molecule has 7 heteroatoms. The SMILES string of the molecule is CCOC(C)OC(=O)CCOC(=O)CCOC(=O)C(C)(C)CC. The average Bonchev–Trinajstić information content (AvgIpc) is 2.47. The van der Waals surface area contributed by atoms with Gasteiger partial charge in [-0.25, -0.2) is 0 Å². The van der Waals surface area contributed by atoms with E-state index in [1.165, 1.54) is 0 Å². The van der Waals surface area contributed by atoms with Crippen LogP contribution in [0.4, 0.5) is 0 Å².